The van der Waals surface area contributed by atoms with Crippen LogP contribution in [0.15, 0.2) is 0 Å². The Labute approximate surface area is 90.6 Å². The summed E-state index contributed by atoms with van der Waals surface area (Å²) >= 11 is 0. The molecule has 0 radical (unpaired) electrons. The largest absolute Gasteiger partial charge is 0.481 e. The van der Waals surface area contributed by atoms with Gasteiger partial charge in [0.25, 0.3) is 0 Å². The van der Waals surface area contributed by atoms with Crippen LogP contribution < -0.4 is 5.32 Å². The first kappa shape index (κ1) is 10.9. The molecule has 0 bridgehead atoms. The second-order valence-corrected chi connectivity index (χ2v) is 4.84. The lowest BCUT2D eigenvalue weighted by Gasteiger charge is -2.35. The fourth-order valence-corrected chi connectivity index (χ4v) is 2.94. The average Bonchev–Trinajstić information content (AvgIpc) is 2.40. The highest BCUT2D eigenvalue weighted by atomic mass is 16.4. The van der Waals surface area contributed by atoms with Crippen LogP contribution in [0.4, 0.5) is 0 Å². The maximum atomic E-state index is 11.2. The molecule has 0 amide bonds. The number of carboxylic acid groups (broad SMARTS) is 1. The molecule has 2 rings (SSSR count). The first-order valence-corrected chi connectivity index (χ1v) is 5.83. The first-order valence-electron chi connectivity index (χ1n) is 5.83. The lowest BCUT2D eigenvalue weighted by Crippen LogP contribution is -2.48. The summed E-state index contributed by atoms with van der Waals surface area (Å²) in [5.41, 5.74) is 0. The van der Waals surface area contributed by atoms with Gasteiger partial charge in [-0.3, -0.25) is 4.79 Å². The highest BCUT2D eigenvalue weighted by Crippen LogP contribution is 2.30. The van der Waals surface area contributed by atoms with Gasteiger partial charge in [-0.15, -0.1) is 0 Å². The molecule has 4 nitrogen and oxygen atoms in total. The SMILES string of the molecule is CN1CCC2NCCC(C(=O)O)C2CC1. The van der Waals surface area contributed by atoms with Crippen LogP contribution in [0.5, 0.6) is 0 Å². The third-order valence-electron chi connectivity index (χ3n) is 3.88. The number of likely N-dealkylation sites (tertiary alicyclic amines) is 1. The summed E-state index contributed by atoms with van der Waals surface area (Å²) in [5.74, 6) is -0.389. The van der Waals surface area contributed by atoms with Gasteiger partial charge in [-0.2, -0.15) is 0 Å². The highest BCUT2D eigenvalue weighted by Gasteiger charge is 2.38. The molecule has 0 aromatic heterocycles. The summed E-state index contributed by atoms with van der Waals surface area (Å²) in [4.78, 5) is 13.5. The molecule has 2 aliphatic rings. The zero-order valence-electron chi connectivity index (χ0n) is 9.28. The van der Waals surface area contributed by atoms with Crippen molar-refractivity contribution in [3.8, 4) is 0 Å². The molecule has 86 valence electrons. The van der Waals surface area contributed by atoms with Crippen LogP contribution in [0.3, 0.4) is 0 Å². The van der Waals surface area contributed by atoms with E-state index in [1.807, 2.05) is 0 Å². The Bertz CT molecular complexity index is 245. The predicted octanol–water partition coefficient (Wildman–Crippen LogP) is 0.391. The number of aliphatic carboxylic acids is 1. The Kier molecular flexibility index (Phi) is 3.26. The number of nitrogens with one attached hydrogen (secondary N) is 1. The predicted molar refractivity (Wildman–Crippen MR) is 57.8 cm³/mol. The van der Waals surface area contributed by atoms with Gasteiger partial charge in [0.1, 0.15) is 0 Å². The van der Waals surface area contributed by atoms with Crippen molar-refractivity contribution < 1.29 is 9.90 Å². The molecule has 2 aliphatic heterocycles. The van der Waals surface area contributed by atoms with Gasteiger partial charge < -0.3 is 15.3 Å². The Morgan fingerprint density at radius 1 is 1.33 bits per heavy atom. The fourth-order valence-electron chi connectivity index (χ4n) is 2.94. The summed E-state index contributed by atoms with van der Waals surface area (Å²) in [6, 6.07) is 0.421. The Balaban J connectivity index is 2.08. The normalized spacial score (nSPS) is 38.1. The van der Waals surface area contributed by atoms with Gasteiger partial charge in [0.05, 0.1) is 5.92 Å². The van der Waals surface area contributed by atoms with Crippen LogP contribution in [0, 0.1) is 11.8 Å². The second-order valence-electron chi connectivity index (χ2n) is 4.84. The monoisotopic (exact) mass is 212 g/mol. The zero-order valence-corrected chi connectivity index (χ0v) is 9.28. The van der Waals surface area contributed by atoms with E-state index in [1.54, 1.807) is 0 Å². The van der Waals surface area contributed by atoms with E-state index in [0.717, 1.165) is 38.9 Å². The minimum absolute atomic E-state index is 0.122. The number of piperidine rings is 1. The van der Waals surface area contributed by atoms with Gasteiger partial charge in [-0.05, 0) is 51.9 Å². The van der Waals surface area contributed by atoms with Gasteiger partial charge in [-0.25, -0.2) is 0 Å². The summed E-state index contributed by atoms with van der Waals surface area (Å²) in [5, 5.41) is 12.7. The van der Waals surface area contributed by atoms with E-state index >= 15 is 0 Å². The van der Waals surface area contributed by atoms with Gasteiger partial charge in [0.2, 0.25) is 0 Å². The van der Waals surface area contributed by atoms with Crippen molar-refractivity contribution in [2.75, 3.05) is 26.7 Å². The Hall–Kier alpha value is -0.610. The molecule has 15 heavy (non-hydrogen) atoms. The number of carboxylic acids is 1. The van der Waals surface area contributed by atoms with Crippen molar-refractivity contribution in [1.29, 1.82) is 0 Å². The van der Waals surface area contributed by atoms with Crippen LogP contribution in [-0.2, 0) is 4.79 Å². The minimum atomic E-state index is -0.601. The summed E-state index contributed by atoms with van der Waals surface area (Å²) in [7, 11) is 2.12. The van der Waals surface area contributed by atoms with Gasteiger partial charge >= 0.3 is 5.97 Å². The summed E-state index contributed by atoms with van der Waals surface area (Å²) < 4.78 is 0. The number of fused-ring (bicyclic) bond motifs is 1. The van der Waals surface area contributed by atoms with Gasteiger partial charge in [0.15, 0.2) is 0 Å². The second kappa shape index (κ2) is 4.49. The molecule has 2 fully saturated rings. The Morgan fingerprint density at radius 3 is 2.80 bits per heavy atom. The van der Waals surface area contributed by atoms with E-state index in [4.69, 9.17) is 0 Å². The molecule has 0 aromatic carbocycles. The van der Waals surface area contributed by atoms with Crippen LogP contribution in [0.1, 0.15) is 19.3 Å². The quantitative estimate of drug-likeness (QED) is 0.660. The third kappa shape index (κ3) is 2.32. The van der Waals surface area contributed by atoms with E-state index < -0.39 is 5.97 Å². The molecular formula is C11H20N2O2. The van der Waals surface area contributed by atoms with Crippen molar-refractivity contribution in [3.63, 3.8) is 0 Å². The number of carbonyl (C=O) groups is 1. The smallest absolute Gasteiger partial charge is 0.306 e. The van der Waals surface area contributed by atoms with Crippen molar-refractivity contribution >= 4 is 5.97 Å². The summed E-state index contributed by atoms with van der Waals surface area (Å²) in [6.07, 6.45) is 2.90. The van der Waals surface area contributed by atoms with Crippen molar-refractivity contribution in [2.45, 2.75) is 25.3 Å². The molecule has 0 aliphatic carbocycles. The summed E-state index contributed by atoms with van der Waals surface area (Å²) in [6.45, 7) is 2.98. The van der Waals surface area contributed by atoms with Crippen molar-refractivity contribution in [1.82, 2.24) is 10.2 Å². The van der Waals surface area contributed by atoms with E-state index in [-0.39, 0.29) is 5.92 Å². The number of hydrogen-bond donors (Lipinski definition) is 2. The number of nitrogens with zero attached hydrogens (tertiary/aromatic N) is 1. The minimum Gasteiger partial charge on any atom is -0.481 e. The molecule has 3 unspecified atom stereocenters. The van der Waals surface area contributed by atoms with Crippen molar-refractivity contribution in [2.24, 2.45) is 11.8 Å². The Morgan fingerprint density at radius 2 is 2.07 bits per heavy atom. The molecule has 0 spiro atoms. The van der Waals surface area contributed by atoms with Crippen LogP contribution in [0.25, 0.3) is 0 Å². The molecule has 2 saturated heterocycles. The van der Waals surface area contributed by atoms with E-state index in [9.17, 15) is 9.90 Å². The molecule has 3 atom stereocenters. The molecule has 2 N–H and O–H groups in total. The topological polar surface area (TPSA) is 52.6 Å². The van der Waals surface area contributed by atoms with E-state index in [0.29, 0.717) is 12.0 Å². The lowest BCUT2D eigenvalue weighted by molar-refractivity contribution is -0.145. The third-order valence-corrected chi connectivity index (χ3v) is 3.88. The van der Waals surface area contributed by atoms with E-state index in [2.05, 4.69) is 17.3 Å². The zero-order chi connectivity index (χ0) is 10.8. The average molecular weight is 212 g/mol. The molecule has 0 aromatic rings. The number of hydrogen-bond acceptors (Lipinski definition) is 3. The van der Waals surface area contributed by atoms with Crippen LogP contribution >= 0.6 is 0 Å². The highest BCUT2D eigenvalue weighted by molar-refractivity contribution is 5.70. The number of rotatable bonds is 1. The standard InChI is InChI=1S/C11H20N2O2/c1-13-6-3-8-9(11(14)15)2-5-12-10(8)4-7-13/h8-10,12H,2-7H2,1H3,(H,14,15). The van der Waals surface area contributed by atoms with Crippen LogP contribution in [0.2, 0.25) is 0 Å². The van der Waals surface area contributed by atoms with Gasteiger partial charge in [-0.1, -0.05) is 0 Å². The maximum absolute atomic E-state index is 11.2. The van der Waals surface area contributed by atoms with Crippen molar-refractivity contribution in [3.05, 3.63) is 0 Å². The molecule has 2 heterocycles. The molecule has 4 heteroatoms. The lowest BCUT2D eigenvalue weighted by atomic mass is 9.78. The fraction of sp³-hybridized carbons (Fsp3) is 0.909. The first-order chi connectivity index (χ1) is 7.18. The molecule has 0 saturated carbocycles. The molecular weight excluding hydrogens is 192 g/mol. The van der Waals surface area contributed by atoms with Crippen LogP contribution in [-0.4, -0.2) is 48.7 Å². The van der Waals surface area contributed by atoms with Gasteiger partial charge in [0, 0.05) is 6.04 Å². The maximum Gasteiger partial charge on any atom is 0.306 e. The van der Waals surface area contributed by atoms with E-state index in [1.165, 1.54) is 0 Å².